The van der Waals surface area contributed by atoms with Gasteiger partial charge < -0.3 is 0 Å². The van der Waals surface area contributed by atoms with Gasteiger partial charge in [0.25, 0.3) is 0 Å². The van der Waals surface area contributed by atoms with Gasteiger partial charge in [-0.05, 0) is 35.3 Å². The molecule has 3 aromatic carbocycles. The lowest BCUT2D eigenvalue weighted by molar-refractivity contribution is 0.832. The second-order valence-electron chi connectivity index (χ2n) is 6.50. The van der Waals surface area contributed by atoms with Gasteiger partial charge in [0.1, 0.15) is 0 Å². The molecule has 1 aliphatic heterocycles. The van der Waals surface area contributed by atoms with Crippen molar-refractivity contribution in [3.05, 3.63) is 108 Å². The van der Waals surface area contributed by atoms with Crippen molar-refractivity contribution in [2.45, 2.75) is 12.8 Å². The predicted octanol–water partition coefficient (Wildman–Crippen LogP) is 5.89. The van der Waals surface area contributed by atoms with E-state index in [2.05, 4.69) is 97.9 Å². The molecule has 1 unspecified atom stereocenters. The Bertz CT molecular complexity index is 921. The first kappa shape index (κ1) is 15.6. The minimum atomic E-state index is 0.377. The number of dihydropyridines is 1. The van der Waals surface area contributed by atoms with E-state index in [0.717, 1.165) is 12.3 Å². The number of nitrogens with zero attached hydrogens (tertiary/aromatic N) is 1. The molecule has 0 N–H and O–H groups in total. The van der Waals surface area contributed by atoms with Crippen LogP contribution in [-0.4, -0.2) is 12.3 Å². The summed E-state index contributed by atoms with van der Waals surface area (Å²) in [5.41, 5.74) is 7.38. The van der Waals surface area contributed by atoms with Crippen molar-refractivity contribution in [3.8, 4) is 11.1 Å². The minimum absolute atomic E-state index is 0.377. The molecule has 25 heavy (non-hydrogen) atoms. The van der Waals surface area contributed by atoms with E-state index in [-0.39, 0.29) is 0 Å². The topological polar surface area (TPSA) is 12.4 Å². The highest BCUT2D eigenvalue weighted by Gasteiger charge is 2.17. The molecule has 0 saturated heterocycles. The summed E-state index contributed by atoms with van der Waals surface area (Å²) in [5, 5.41) is 0. The SMILES string of the molecule is CC1=CC(c2ccccc2)CN=C1c1cccc(-c2ccccc2)c1. The molecule has 3 aromatic rings. The van der Waals surface area contributed by atoms with Crippen LogP contribution in [0.3, 0.4) is 0 Å². The molecule has 0 bridgehead atoms. The molecule has 4 rings (SSSR count). The van der Waals surface area contributed by atoms with Crippen LogP contribution in [0.4, 0.5) is 0 Å². The number of rotatable bonds is 3. The zero-order valence-corrected chi connectivity index (χ0v) is 14.4. The third-order valence-corrected chi connectivity index (χ3v) is 4.74. The molecular formula is C24H21N. The van der Waals surface area contributed by atoms with Gasteiger partial charge in [0.2, 0.25) is 0 Å². The summed E-state index contributed by atoms with van der Waals surface area (Å²) in [7, 11) is 0. The molecule has 0 fully saturated rings. The highest BCUT2D eigenvalue weighted by Crippen LogP contribution is 2.27. The zero-order chi connectivity index (χ0) is 17.1. The van der Waals surface area contributed by atoms with Gasteiger partial charge in [0.05, 0.1) is 12.3 Å². The Hall–Kier alpha value is -2.93. The van der Waals surface area contributed by atoms with Crippen LogP contribution in [0.25, 0.3) is 11.1 Å². The number of aliphatic imine (C=N–C) groups is 1. The largest absolute Gasteiger partial charge is 0.284 e. The fraction of sp³-hybridized carbons (Fsp3) is 0.125. The molecule has 1 aliphatic rings. The van der Waals surface area contributed by atoms with Crippen molar-refractivity contribution >= 4 is 5.71 Å². The second-order valence-corrected chi connectivity index (χ2v) is 6.50. The van der Waals surface area contributed by atoms with E-state index >= 15 is 0 Å². The van der Waals surface area contributed by atoms with Crippen LogP contribution in [-0.2, 0) is 0 Å². The molecule has 0 radical (unpaired) electrons. The number of hydrogen-bond donors (Lipinski definition) is 0. The van der Waals surface area contributed by atoms with E-state index < -0.39 is 0 Å². The molecule has 1 heterocycles. The lowest BCUT2D eigenvalue weighted by atomic mass is 9.90. The van der Waals surface area contributed by atoms with Crippen LogP contribution in [0.2, 0.25) is 0 Å². The van der Waals surface area contributed by atoms with Crippen molar-refractivity contribution in [2.75, 3.05) is 6.54 Å². The molecule has 0 aliphatic carbocycles. The summed E-state index contributed by atoms with van der Waals surface area (Å²) in [6.45, 7) is 2.98. The van der Waals surface area contributed by atoms with E-state index in [4.69, 9.17) is 4.99 Å². The van der Waals surface area contributed by atoms with E-state index in [1.54, 1.807) is 0 Å². The first-order valence-electron chi connectivity index (χ1n) is 8.75. The summed E-state index contributed by atoms with van der Waals surface area (Å²) < 4.78 is 0. The van der Waals surface area contributed by atoms with Crippen LogP contribution in [0.5, 0.6) is 0 Å². The van der Waals surface area contributed by atoms with Gasteiger partial charge in [-0.15, -0.1) is 0 Å². The highest BCUT2D eigenvalue weighted by molar-refractivity contribution is 6.13. The fourth-order valence-corrected chi connectivity index (χ4v) is 3.45. The second kappa shape index (κ2) is 6.90. The summed E-state index contributed by atoms with van der Waals surface area (Å²) in [4.78, 5) is 4.92. The highest BCUT2D eigenvalue weighted by atomic mass is 14.8. The maximum atomic E-state index is 4.92. The average Bonchev–Trinajstić information content (AvgIpc) is 2.69. The Morgan fingerprint density at radius 1 is 0.720 bits per heavy atom. The smallest absolute Gasteiger partial charge is 0.0673 e. The summed E-state index contributed by atoms with van der Waals surface area (Å²) in [5.74, 6) is 0.377. The van der Waals surface area contributed by atoms with E-state index in [1.165, 1.54) is 27.8 Å². The van der Waals surface area contributed by atoms with E-state index in [0.29, 0.717) is 5.92 Å². The van der Waals surface area contributed by atoms with Gasteiger partial charge in [-0.25, -0.2) is 0 Å². The summed E-state index contributed by atoms with van der Waals surface area (Å²) in [6.07, 6.45) is 2.35. The predicted molar refractivity (Wildman–Crippen MR) is 106 cm³/mol. The van der Waals surface area contributed by atoms with E-state index in [1.807, 2.05) is 0 Å². The number of allylic oxidation sites excluding steroid dienone is 1. The van der Waals surface area contributed by atoms with Gasteiger partial charge in [-0.1, -0.05) is 84.9 Å². The Morgan fingerprint density at radius 3 is 2.08 bits per heavy atom. The quantitative estimate of drug-likeness (QED) is 0.570. The van der Waals surface area contributed by atoms with Crippen LogP contribution >= 0.6 is 0 Å². The molecule has 0 spiro atoms. The third-order valence-electron chi connectivity index (χ3n) is 4.74. The minimum Gasteiger partial charge on any atom is -0.284 e. The standard InChI is InChI=1S/C24H21N/c1-18-15-23(20-11-6-3-7-12-20)17-25-24(18)22-14-8-13-21(16-22)19-9-4-2-5-10-19/h2-16,23H,17H2,1H3. The third kappa shape index (κ3) is 3.32. The molecule has 0 amide bonds. The van der Waals surface area contributed by atoms with Crippen LogP contribution in [0, 0.1) is 0 Å². The molecule has 122 valence electrons. The Labute approximate surface area is 149 Å². The van der Waals surface area contributed by atoms with Gasteiger partial charge in [0.15, 0.2) is 0 Å². The molecule has 1 atom stereocenters. The molecular weight excluding hydrogens is 302 g/mol. The molecule has 1 heteroatoms. The maximum Gasteiger partial charge on any atom is 0.0673 e. The van der Waals surface area contributed by atoms with Crippen molar-refractivity contribution in [3.63, 3.8) is 0 Å². The summed E-state index contributed by atoms with van der Waals surface area (Å²) >= 11 is 0. The van der Waals surface area contributed by atoms with Gasteiger partial charge in [0, 0.05) is 11.5 Å². The zero-order valence-electron chi connectivity index (χ0n) is 14.4. The average molecular weight is 323 g/mol. The van der Waals surface area contributed by atoms with Crippen molar-refractivity contribution < 1.29 is 0 Å². The normalized spacial score (nSPS) is 16.9. The van der Waals surface area contributed by atoms with Crippen molar-refractivity contribution in [1.29, 1.82) is 0 Å². The maximum absolute atomic E-state index is 4.92. The van der Waals surface area contributed by atoms with Gasteiger partial charge in [-0.3, -0.25) is 4.99 Å². The van der Waals surface area contributed by atoms with Crippen molar-refractivity contribution in [2.24, 2.45) is 4.99 Å². The fourth-order valence-electron chi connectivity index (χ4n) is 3.45. The molecule has 0 aromatic heterocycles. The molecule has 0 saturated carbocycles. The monoisotopic (exact) mass is 323 g/mol. The van der Waals surface area contributed by atoms with Crippen molar-refractivity contribution in [1.82, 2.24) is 0 Å². The van der Waals surface area contributed by atoms with Crippen LogP contribution in [0.1, 0.15) is 24.0 Å². The molecule has 1 nitrogen and oxygen atoms in total. The van der Waals surface area contributed by atoms with Crippen LogP contribution in [0.15, 0.2) is 102 Å². The first-order chi connectivity index (χ1) is 12.3. The Kier molecular flexibility index (Phi) is 4.30. The summed E-state index contributed by atoms with van der Waals surface area (Å²) in [6, 6.07) is 29.8. The number of benzene rings is 3. The van der Waals surface area contributed by atoms with Gasteiger partial charge >= 0.3 is 0 Å². The van der Waals surface area contributed by atoms with Crippen LogP contribution < -0.4 is 0 Å². The Morgan fingerprint density at radius 2 is 1.36 bits per heavy atom. The lowest BCUT2D eigenvalue weighted by Crippen LogP contribution is -2.14. The lowest BCUT2D eigenvalue weighted by Gasteiger charge is -2.20. The number of hydrogen-bond acceptors (Lipinski definition) is 1. The first-order valence-corrected chi connectivity index (χ1v) is 8.75. The van der Waals surface area contributed by atoms with Gasteiger partial charge in [-0.2, -0.15) is 0 Å². The van der Waals surface area contributed by atoms with E-state index in [9.17, 15) is 0 Å². The Balaban J connectivity index is 1.63.